The van der Waals surface area contributed by atoms with Crippen LogP contribution in [0.3, 0.4) is 0 Å². The maximum Gasteiger partial charge on any atom is 0.223 e. The summed E-state index contributed by atoms with van der Waals surface area (Å²) in [5, 5.41) is 3.14. The predicted molar refractivity (Wildman–Crippen MR) is 122 cm³/mol. The van der Waals surface area contributed by atoms with Crippen molar-refractivity contribution in [2.75, 3.05) is 20.2 Å². The second kappa shape index (κ2) is 10.3. The van der Waals surface area contributed by atoms with Crippen molar-refractivity contribution in [2.45, 2.75) is 44.9 Å². The molecule has 1 fully saturated rings. The van der Waals surface area contributed by atoms with Gasteiger partial charge < -0.3 is 10.1 Å². The summed E-state index contributed by atoms with van der Waals surface area (Å²) >= 11 is 0. The smallest absolute Gasteiger partial charge is 0.223 e. The van der Waals surface area contributed by atoms with E-state index in [1.54, 1.807) is 7.11 Å². The van der Waals surface area contributed by atoms with Gasteiger partial charge in [-0.25, -0.2) is 12.7 Å². The number of methoxy groups -OCH3 is 1. The van der Waals surface area contributed by atoms with E-state index in [0.29, 0.717) is 25.9 Å². The summed E-state index contributed by atoms with van der Waals surface area (Å²) in [7, 11) is -1.76. The molecule has 7 heteroatoms. The molecule has 0 spiro atoms. The van der Waals surface area contributed by atoms with Crippen LogP contribution in [0.5, 0.6) is 5.75 Å². The van der Waals surface area contributed by atoms with Crippen molar-refractivity contribution in [3.05, 3.63) is 65.2 Å². The molecule has 168 valence electrons. The van der Waals surface area contributed by atoms with E-state index in [-0.39, 0.29) is 23.6 Å². The first-order chi connectivity index (χ1) is 14.8. The molecule has 1 aliphatic rings. The Bertz CT molecular complexity index is 964. The summed E-state index contributed by atoms with van der Waals surface area (Å²) in [6.45, 7) is 4.78. The lowest BCUT2D eigenvalue weighted by Crippen LogP contribution is -2.44. The standard InChI is InChI=1S/C24H32N2O4S/c1-4-23(20-9-11-22(30-3)12-10-20)25-24(27)21-13-15-26(16-14-21)31(28,29)17-19-7-5-18(2)6-8-19/h5-12,21,23H,4,13-17H2,1-3H3,(H,25,27)/t23-/m1/s1. The van der Waals surface area contributed by atoms with Crippen molar-refractivity contribution in [1.82, 2.24) is 9.62 Å². The van der Waals surface area contributed by atoms with E-state index in [1.807, 2.05) is 62.4 Å². The highest BCUT2D eigenvalue weighted by Gasteiger charge is 2.31. The summed E-state index contributed by atoms with van der Waals surface area (Å²) < 4.78 is 32.3. The van der Waals surface area contributed by atoms with Gasteiger partial charge in [-0.05, 0) is 49.4 Å². The number of carbonyl (C=O) groups excluding carboxylic acids is 1. The van der Waals surface area contributed by atoms with E-state index >= 15 is 0 Å². The van der Waals surface area contributed by atoms with Gasteiger partial charge in [0.1, 0.15) is 5.75 Å². The quantitative estimate of drug-likeness (QED) is 0.672. The van der Waals surface area contributed by atoms with Gasteiger partial charge in [0.25, 0.3) is 0 Å². The minimum Gasteiger partial charge on any atom is -0.497 e. The maximum atomic E-state index is 12.8. The first-order valence-corrected chi connectivity index (χ1v) is 12.4. The second-order valence-corrected chi connectivity index (χ2v) is 10.1. The molecule has 1 heterocycles. The fourth-order valence-corrected chi connectivity index (χ4v) is 5.49. The number of hydrogen-bond acceptors (Lipinski definition) is 4. The third-order valence-corrected chi connectivity index (χ3v) is 7.78. The number of sulfonamides is 1. The summed E-state index contributed by atoms with van der Waals surface area (Å²) in [4.78, 5) is 12.8. The lowest BCUT2D eigenvalue weighted by atomic mass is 9.95. The number of benzene rings is 2. The number of hydrogen-bond donors (Lipinski definition) is 1. The van der Waals surface area contributed by atoms with Crippen molar-refractivity contribution in [2.24, 2.45) is 5.92 Å². The number of piperidine rings is 1. The molecule has 0 bridgehead atoms. The Hall–Kier alpha value is -2.38. The zero-order valence-corrected chi connectivity index (χ0v) is 19.3. The highest BCUT2D eigenvalue weighted by molar-refractivity contribution is 7.88. The van der Waals surface area contributed by atoms with Crippen LogP contribution in [0.1, 0.15) is 48.9 Å². The van der Waals surface area contributed by atoms with Crippen molar-refractivity contribution in [3.8, 4) is 5.75 Å². The lowest BCUT2D eigenvalue weighted by Gasteiger charge is -2.31. The summed E-state index contributed by atoms with van der Waals surface area (Å²) in [5.41, 5.74) is 2.93. The van der Waals surface area contributed by atoms with E-state index in [0.717, 1.165) is 28.9 Å². The van der Waals surface area contributed by atoms with Crippen molar-refractivity contribution in [3.63, 3.8) is 0 Å². The van der Waals surface area contributed by atoms with E-state index in [4.69, 9.17) is 4.74 Å². The first-order valence-electron chi connectivity index (χ1n) is 10.8. The molecule has 0 aliphatic carbocycles. The van der Waals surface area contributed by atoms with Crippen LogP contribution in [-0.2, 0) is 20.6 Å². The van der Waals surface area contributed by atoms with Gasteiger partial charge >= 0.3 is 0 Å². The number of nitrogens with zero attached hydrogens (tertiary/aromatic N) is 1. The average molecular weight is 445 g/mol. The third-order valence-electron chi connectivity index (χ3n) is 5.93. The van der Waals surface area contributed by atoms with Crippen LogP contribution in [0, 0.1) is 12.8 Å². The Morgan fingerprint density at radius 1 is 1.10 bits per heavy atom. The van der Waals surface area contributed by atoms with Crippen molar-refractivity contribution < 1.29 is 17.9 Å². The highest BCUT2D eigenvalue weighted by Crippen LogP contribution is 2.25. The Morgan fingerprint density at radius 2 is 1.71 bits per heavy atom. The minimum atomic E-state index is -3.39. The Kier molecular flexibility index (Phi) is 7.73. The van der Waals surface area contributed by atoms with Crippen molar-refractivity contribution >= 4 is 15.9 Å². The Morgan fingerprint density at radius 3 is 2.26 bits per heavy atom. The first kappa shape index (κ1) is 23.3. The van der Waals surface area contributed by atoms with Gasteiger partial charge in [0.15, 0.2) is 0 Å². The molecule has 3 rings (SSSR count). The third kappa shape index (κ3) is 6.08. The normalized spacial score (nSPS) is 16.6. The molecule has 1 N–H and O–H groups in total. The fourth-order valence-electron chi connectivity index (χ4n) is 3.93. The molecule has 2 aromatic rings. The maximum absolute atomic E-state index is 12.8. The molecule has 0 unspecified atom stereocenters. The molecular weight excluding hydrogens is 412 g/mol. The van der Waals surface area contributed by atoms with Crippen LogP contribution < -0.4 is 10.1 Å². The van der Waals surface area contributed by atoms with E-state index in [9.17, 15) is 13.2 Å². The van der Waals surface area contributed by atoms with Gasteiger partial charge in [-0.15, -0.1) is 0 Å². The summed E-state index contributed by atoms with van der Waals surface area (Å²) in [5.74, 6) is 0.611. The number of amides is 1. The number of rotatable bonds is 8. The molecule has 31 heavy (non-hydrogen) atoms. The van der Waals surface area contributed by atoms with E-state index in [2.05, 4.69) is 5.32 Å². The molecule has 1 atom stereocenters. The number of ether oxygens (including phenoxy) is 1. The minimum absolute atomic E-state index is 0.000475. The van der Waals surface area contributed by atoms with E-state index < -0.39 is 10.0 Å². The molecule has 0 aromatic heterocycles. The molecule has 6 nitrogen and oxygen atoms in total. The zero-order chi connectivity index (χ0) is 22.4. The number of carbonyl (C=O) groups is 1. The van der Waals surface area contributed by atoms with Crippen LogP contribution >= 0.6 is 0 Å². The second-order valence-electron chi connectivity index (χ2n) is 8.16. The number of nitrogens with one attached hydrogen (secondary N) is 1. The molecule has 0 radical (unpaired) electrons. The Labute approximate surface area is 185 Å². The van der Waals surface area contributed by atoms with Crippen LogP contribution in [-0.4, -0.2) is 38.8 Å². The average Bonchev–Trinajstić information content (AvgIpc) is 2.79. The Balaban J connectivity index is 1.55. The summed E-state index contributed by atoms with van der Waals surface area (Å²) in [6, 6.07) is 15.2. The lowest BCUT2D eigenvalue weighted by molar-refractivity contribution is -0.126. The molecule has 1 aliphatic heterocycles. The van der Waals surface area contributed by atoms with E-state index in [1.165, 1.54) is 4.31 Å². The predicted octanol–water partition coefficient (Wildman–Crippen LogP) is 3.81. The molecule has 0 saturated carbocycles. The number of aryl methyl sites for hydroxylation is 1. The van der Waals surface area contributed by atoms with Gasteiger partial charge in [0.05, 0.1) is 18.9 Å². The van der Waals surface area contributed by atoms with Crippen molar-refractivity contribution in [1.29, 1.82) is 0 Å². The van der Waals surface area contributed by atoms with Crippen LogP contribution in [0.2, 0.25) is 0 Å². The monoisotopic (exact) mass is 444 g/mol. The highest BCUT2D eigenvalue weighted by atomic mass is 32.2. The van der Waals surface area contributed by atoms with Gasteiger partial charge in [0, 0.05) is 19.0 Å². The van der Waals surface area contributed by atoms with Gasteiger partial charge in [-0.1, -0.05) is 48.9 Å². The fraction of sp³-hybridized carbons (Fsp3) is 0.458. The summed E-state index contributed by atoms with van der Waals surface area (Å²) in [6.07, 6.45) is 1.86. The van der Waals surface area contributed by atoms with Crippen LogP contribution in [0.4, 0.5) is 0 Å². The van der Waals surface area contributed by atoms with Crippen LogP contribution in [0.25, 0.3) is 0 Å². The van der Waals surface area contributed by atoms with Gasteiger partial charge in [-0.2, -0.15) is 0 Å². The largest absolute Gasteiger partial charge is 0.497 e. The topological polar surface area (TPSA) is 75.7 Å². The van der Waals surface area contributed by atoms with Gasteiger partial charge in [-0.3, -0.25) is 4.79 Å². The SMILES string of the molecule is CC[C@@H](NC(=O)C1CCN(S(=O)(=O)Cc2ccc(C)cc2)CC1)c1ccc(OC)cc1. The van der Waals surface area contributed by atoms with Gasteiger partial charge in [0.2, 0.25) is 15.9 Å². The molecule has 2 aromatic carbocycles. The molecule has 1 amide bonds. The zero-order valence-electron chi connectivity index (χ0n) is 18.5. The van der Waals surface area contributed by atoms with Crippen LogP contribution in [0.15, 0.2) is 48.5 Å². The molecular formula is C24H32N2O4S. The molecule has 1 saturated heterocycles.